The molecule has 27 heavy (non-hydrogen) atoms. The number of imide groups is 1. The number of quaternary nitrogens is 1. The van der Waals surface area contributed by atoms with Gasteiger partial charge in [0.05, 0.1) is 31.3 Å². The lowest BCUT2D eigenvalue weighted by molar-refractivity contribution is -0.674. The van der Waals surface area contributed by atoms with Gasteiger partial charge in [0.1, 0.15) is 0 Å². The smallest absolute Gasteiger partial charge is 0.337 e. The minimum atomic E-state index is -0.464. The van der Waals surface area contributed by atoms with Gasteiger partial charge in [0.15, 0.2) is 6.04 Å². The number of amides is 2. The first-order valence-corrected chi connectivity index (χ1v) is 9.00. The number of carbonyl (C=O) groups is 3. The van der Waals surface area contributed by atoms with Gasteiger partial charge in [-0.2, -0.15) is 0 Å². The van der Waals surface area contributed by atoms with E-state index in [1.165, 1.54) is 12.0 Å². The number of halogens is 1. The molecule has 1 saturated heterocycles. The van der Waals surface area contributed by atoms with Gasteiger partial charge < -0.3 is 10.1 Å². The molecule has 140 valence electrons. The Kier molecular flexibility index (Phi) is 5.88. The molecule has 3 rings (SSSR count). The fourth-order valence-corrected chi connectivity index (χ4v) is 3.20. The van der Waals surface area contributed by atoms with Crippen molar-refractivity contribution in [1.82, 2.24) is 0 Å². The van der Waals surface area contributed by atoms with Crippen LogP contribution in [-0.4, -0.2) is 37.5 Å². The van der Waals surface area contributed by atoms with Gasteiger partial charge in [-0.3, -0.25) is 9.59 Å². The van der Waals surface area contributed by atoms with E-state index in [0.717, 1.165) is 12.0 Å². The summed E-state index contributed by atoms with van der Waals surface area (Å²) in [5, 5.41) is 2.59. The third kappa shape index (κ3) is 4.35. The van der Waals surface area contributed by atoms with E-state index in [1.807, 2.05) is 29.6 Å². The van der Waals surface area contributed by atoms with Crippen LogP contribution in [0.2, 0.25) is 5.02 Å². The number of nitrogens with zero attached hydrogens (tertiary/aromatic N) is 1. The number of hydrogen-bond donors (Lipinski definition) is 1. The van der Waals surface area contributed by atoms with Crippen LogP contribution in [0.5, 0.6) is 0 Å². The van der Waals surface area contributed by atoms with Crippen LogP contribution in [0.1, 0.15) is 22.3 Å². The molecule has 0 aliphatic carbocycles. The molecule has 1 heterocycles. The highest BCUT2D eigenvalue weighted by Crippen LogP contribution is 2.22. The Morgan fingerprint density at radius 2 is 1.81 bits per heavy atom. The van der Waals surface area contributed by atoms with Crippen molar-refractivity contribution in [2.75, 3.05) is 18.6 Å². The fourth-order valence-electron chi connectivity index (χ4n) is 3.08. The number of esters is 1. The fraction of sp³-hybridized carbons (Fsp3) is 0.250. The van der Waals surface area contributed by atoms with E-state index in [-0.39, 0.29) is 18.2 Å². The summed E-state index contributed by atoms with van der Waals surface area (Å²) in [5.74, 6) is -0.936. The molecular formula is C20H20ClN2O4+. The zero-order chi connectivity index (χ0) is 19.4. The summed E-state index contributed by atoms with van der Waals surface area (Å²) in [5.41, 5.74) is 1.96. The van der Waals surface area contributed by atoms with Crippen LogP contribution in [0, 0.1) is 0 Å². The molecule has 0 bridgehead atoms. The topological polar surface area (TPSA) is 80.3 Å². The van der Waals surface area contributed by atoms with Crippen molar-refractivity contribution in [2.24, 2.45) is 0 Å². The minimum Gasteiger partial charge on any atom is -0.465 e. The largest absolute Gasteiger partial charge is 0.465 e. The first kappa shape index (κ1) is 19.1. The molecule has 1 aliphatic rings. The van der Waals surface area contributed by atoms with Gasteiger partial charge in [0, 0.05) is 11.4 Å². The zero-order valence-corrected chi connectivity index (χ0v) is 15.6. The summed E-state index contributed by atoms with van der Waals surface area (Å²) in [6.45, 7) is 0.695. The second kappa shape index (κ2) is 8.33. The van der Waals surface area contributed by atoms with Gasteiger partial charge in [-0.1, -0.05) is 23.7 Å². The Balaban J connectivity index is 1.61. The Hall–Kier alpha value is -2.70. The molecule has 0 radical (unpaired) electrons. The summed E-state index contributed by atoms with van der Waals surface area (Å²) < 4.78 is 4.65. The molecule has 2 aromatic rings. The summed E-state index contributed by atoms with van der Waals surface area (Å²) in [7, 11) is 1.30. The SMILES string of the molecule is COC(=O)c1ccc(N2C(=O)CC([NH2+]CCc3ccc(Cl)cc3)C2=O)cc1. The molecule has 7 heteroatoms. The molecule has 2 N–H and O–H groups in total. The zero-order valence-electron chi connectivity index (χ0n) is 14.9. The number of hydrogen-bond acceptors (Lipinski definition) is 4. The summed E-state index contributed by atoms with van der Waals surface area (Å²) in [4.78, 5) is 37.6. The quantitative estimate of drug-likeness (QED) is 0.602. The lowest BCUT2D eigenvalue weighted by atomic mass is 10.1. The van der Waals surface area contributed by atoms with Crippen LogP contribution in [0.15, 0.2) is 48.5 Å². The van der Waals surface area contributed by atoms with Crippen molar-refractivity contribution in [3.63, 3.8) is 0 Å². The summed E-state index contributed by atoms with van der Waals surface area (Å²) >= 11 is 5.87. The molecule has 2 aromatic carbocycles. The molecule has 0 spiro atoms. The lowest BCUT2D eigenvalue weighted by Gasteiger charge is -2.14. The molecule has 1 atom stereocenters. The monoisotopic (exact) mass is 387 g/mol. The molecule has 2 amide bonds. The van der Waals surface area contributed by atoms with Gasteiger partial charge in [-0.05, 0) is 42.0 Å². The third-order valence-electron chi connectivity index (χ3n) is 4.53. The first-order chi connectivity index (χ1) is 13.0. The van der Waals surface area contributed by atoms with Crippen LogP contribution in [0.3, 0.4) is 0 Å². The van der Waals surface area contributed by atoms with Gasteiger partial charge >= 0.3 is 5.97 Å². The lowest BCUT2D eigenvalue weighted by Crippen LogP contribution is -2.92. The maximum absolute atomic E-state index is 12.6. The van der Waals surface area contributed by atoms with Crippen molar-refractivity contribution >= 4 is 35.1 Å². The number of carbonyl (C=O) groups excluding carboxylic acids is 3. The third-order valence-corrected chi connectivity index (χ3v) is 4.78. The first-order valence-electron chi connectivity index (χ1n) is 8.62. The molecular weight excluding hydrogens is 368 g/mol. The van der Waals surface area contributed by atoms with E-state index in [9.17, 15) is 14.4 Å². The van der Waals surface area contributed by atoms with Gasteiger partial charge in [0.2, 0.25) is 5.91 Å². The average molecular weight is 388 g/mol. The summed E-state index contributed by atoms with van der Waals surface area (Å²) in [6, 6.07) is 13.4. The second-order valence-electron chi connectivity index (χ2n) is 6.32. The van der Waals surface area contributed by atoms with Gasteiger partial charge in [0.25, 0.3) is 5.91 Å². The molecule has 0 aromatic heterocycles. The second-order valence-corrected chi connectivity index (χ2v) is 6.75. The molecule has 1 aliphatic heterocycles. The normalized spacial score (nSPS) is 16.7. The van der Waals surface area contributed by atoms with Gasteiger partial charge in [-0.25, -0.2) is 9.69 Å². The van der Waals surface area contributed by atoms with Gasteiger partial charge in [-0.15, -0.1) is 0 Å². The highest BCUT2D eigenvalue weighted by Gasteiger charge is 2.42. The average Bonchev–Trinajstić information content (AvgIpc) is 2.96. The van der Waals surface area contributed by atoms with Crippen LogP contribution < -0.4 is 10.2 Å². The van der Waals surface area contributed by atoms with E-state index in [2.05, 4.69) is 4.74 Å². The Morgan fingerprint density at radius 1 is 1.15 bits per heavy atom. The maximum Gasteiger partial charge on any atom is 0.337 e. The van der Waals surface area contributed by atoms with Crippen LogP contribution in [0.4, 0.5) is 5.69 Å². The van der Waals surface area contributed by atoms with Crippen LogP contribution in [0.25, 0.3) is 0 Å². The Bertz CT molecular complexity index is 849. The van der Waals surface area contributed by atoms with E-state index in [4.69, 9.17) is 11.6 Å². The van der Waals surface area contributed by atoms with Crippen molar-refractivity contribution in [1.29, 1.82) is 0 Å². The van der Waals surface area contributed by atoms with Crippen molar-refractivity contribution in [2.45, 2.75) is 18.9 Å². The number of benzene rings is 2. The number of anilines is 1. The van der Waals surface area contributed by atoms with E-state index >= 15 is 0 Å². The maximum atomic E-state index is 12.6. The van der Waals surface area contributed by atoms with Crippen LogP contribution >= 0.6 is 11.6 Å². The minimum absolute atomic E-state index is 0.165. The highest BCUT2D eigenvalue weighted by atomic mass is 35.5. The Labute approximate surface area is 162 Å². The number of methoxy groups -OCH3 is 1. The number of ether oxygens (including phenoxy) is 1. The number of nitrogens with two attached hydrogens (primary N) is 1. The number of rotatable bonds is 6. The predicted octanol–water partition coefficient (Wildman–Crippen LogP) is 1.56. The van der Waals surface area contributed by atoms with Crippen LogP contribution in [-0.2, 0) is 20.7 Å². The predicted molar refractivity (Wildman–Crippen MR) is 101 cm³/mol. The standard InChI is InChI=1S/C20H19ClN2O4/c1-27-20(26)14-4-8-16(9-5-14)23-18(24)12-17(19(23)25)22-11-10-13-2-6-15(21)7-3-13/h2-9,17,22H,10-12H2,1H3/p+1. The molecule has 1 unspecified atom stereocenters. The molecule has 0 saturated carbocycles. The van der Waals surface area contributed by atoms with Crippen molar-refractivity contribution < 1.29 is 24.4 Å². The highest BCUT2D eigenvalue weighted by molar-refractivity contribution is 6.30. The summed E-state index contributed by atoms with van der Waals surface area (Å²) in [6.07, 6.45) is 0.946. The van der Waals surface area contributed by atoms with Crippen molar-refractivity contribution in [3.05, 3.63) is 64.7 Å². The molecule has 1 fully saturated rings. The van der Waals surface area contributed by atoms with E-state index in [1.54, 1.807) is 24.3 Å². The van der Waals surface area contributed by atoms with E-state index < -0.39 is 12.0 Å². The van der Waals surface area contributed by atoms with E-state index in [0.29, 0.717) is 22.8 Å². The Morgan fingerprint density at radius 3 is 2.44 bits per heavy atom. The van der Waals surface area contributed by atoms with Crippen molar-refractivity contribution in [3.8, 4) is 0 Å². The molecule has 6 nitrogen and oxygen atoms in total.